The summed E-state index contributed by atoms with van der Waals surface area (Å²) in [5, 5.41) is 0. The molecular weight excluding hydrogens is 482 g/mol. The molecule has 1 heterocycles. The van der Waals surface area contributed by atoms with Gasteiger partial charge in [0.2, 0.25) is 6.29 Å². The molecule has 0 spiro atoms. The summed E-state index contributed by atoms with van der Waals surface area (Å²) in [6.07, 6.45) is -7.70. The Balaban J connectivity index is 1.80. The topological polar surface area (TPSA) is 107 Å². The number of carbonyl (C=O) groups is 2. The van der Waals surface area contributed by atoms with Gasteiger partial charge < -0.3 is 14.2 Å². The molecule has 11 heteroatoms. The van der Waals surface area contributed by atoms with E-state index >= 15 is 4.39 Å². The quantitative estimate of drug-likeness (QED) is 0.338. The van der Waals surface area contributed by atoms with Gasteiger partial charge in [-0.1, -0.05) is 60.7 Å². The van der Waals surface area contributed by atoms with Crippen molar-refractivity contribution in [1.29, 1.82) is 0 Å². The number of esters is 2. The highest BCUT2D eigenvalue weighted by Crippen LogP contribution is 2.53. The van der Waals surface area contributed by atoms with Crippen LogP contribution in [0.1, 0.15) is 31.9 Å². The van der Waals surface area contributed by atoms with Gasteiger partial charge >= 0.3 is 19.8 Å². The third kappa shape index (κ3) is 7.95. The maximum Gasteiger partial charge on any atom is 0.477 e. The highest BCUT2D eigenvalue weighted by Gasteiger charge is 2.52. The van der Waals surface area contributed by atoms with Gasteiger partial charge in [0.15, 0.2) is 18.4 Å². The minimum absolute atomic E-state index is 0.143. The Morgan fingerprint density at radius 1 is 0.857 bits per heavy atom. The monoisotopic (exact) mass is 510 g/mol. The number of alkyl halides is 1. The molecule has 2 unspecified atom stereocenters. The van der Waals surface area contributed by atoms with Crippen molar-refractivity contribution in [3.8, 4) is 0 Å². The Labute approximate surface area is 203 Å². The Kier molecular flexibility index (Phi) is 9.54. The van der Waals surface area contributed by atoms with E-state index in [1.165, 1.54) is 6.92 Å². The largest absolute Gasteiger partial charge is 0.477 e. The van der Waals surface area contributed by atoms with Gasteiger partial charge in [0, 0.05) is 13.8 Å². The molecule has 0 N–H and O–H groups in total. The third-order valence-electron chi connectivity index (χ3n) is 5.01. The minimum Gasteiger partial charge on any atom is -0.456 e. The molecule has 2 aromatic carbocycles. The molecule has 5 atom stereocenters. The van der Waals surface area contributed by atoms with E-state index < -0.39 is 50.5 Å². The van der Waals surface area contributed by atoms with Gasteiger partial charge in [0.25, 0.3) is 0 Å². The molecule has 190 valence electrons. The van der Waals surface area contributed by atoms with Crippen molar-refractivity contribution >= 4 is 19.8 Å². The number of hydrogen-bond donors (Lipinski definition) is 0. The van der Waals surface area contributed by atoms with Crippen LogP contribution in [0.3, 0.4) is 0 Å². The molecule has 0 radical (unpaired) electrons. The van der Waals surface area contributed by atoms with Gasteiger partial charge in [-0.3, -0.25) is 23.2 Å². The first kappa shape index (κ1) is 27.0. The molecular formula is C24H28FO9P. The van der Waals surface area contributed by atoms with E-state index in [1.54, 1.807) is 48.5 Å². The Bertz CT molecular complexity index is 973. The maximum absolute atomic E-state index is 15.5. The second-order valence-corrected chi connectivity index (χ2v) is 9.49. The van der Waals surface area contributed by atoms with Gasteiger partial charge in [0.05, 0.1) is 19.3 Å². The van der Waals surface area contributed by atoms with Gasteiger partial charge in [0.1, 0.15) is 0 Å². The van der Waals surface area contributed by atoms with Crippen LogP contribution >= 0.6 is 7.82 Å². The van der Waals surface area contributed by atoms with Crippen molar-refractivity contribution in [3.05, 3.63) is 71.8 Å². The van der Waals surface area contributed by atoms with E-state index in [1.807, 2.05) is 12.1 Å². The standard InChI is InChI=1S/C24H28FO9P/c1-16-22(32-17(2)26)23(33-18(3)27)21(25)24(31-16)34-35(28,29-14-19-10-6-4-7-11-19)30-15-20-12-8-5-9-13-20/h4-13,16,21-24H,14-15H2,1-3H3/t16-,21?,22+,23?,24+/m0/s1. The predicted molar refractivity (Wildman–Crippen MR) is 121 cm³/mol. The lowest BCUT2D eigenvalue weighted by molar-refractivity contribution is -0.265. The van der Waals surface area contributed by atoms with Gasteiger partial charge in [-0.25, -0.2) is 8.96 Å². The smallest absolute Gasteiger partial charge is 0.456 e. The average molecular weight is 510 g/mol. The molecule has 3 rings (SSSR count). The molecule has 1 saturated heterocycles. The molecule has 35 heavy (non-hydrogen) atoms. The normalized spacial score (nSPS) is 24.5. The van der Waals surface area contributed by atoms with Crippen LogP contribution in [-0.2, 0) is 55.1 Å². The van der Waals surface area contributed by atoms with Gasteiger partial charge in [-0.2, -0.15) is 0 Å². The first-order valence-corrected chi connectivity index (χ1v) is 12.4. The fraction of sp³-hybridized carbons (Fsp3) is 0.417. The second kappa shape index (κ2) is 12.4. The Hall–Kier alpha value is -2.62. The number of halogens is 1. The average Bonchev–Trinajstić information content (AvgIpc) is 2.83. The highest BCUT2D eigenvalue weighted by molar-refractivity contribution is 7.48. The zero-order valence-electron chi connectivity index (χ0n) is 19.6. The van der Waals surface area contributed by atoms with Crippen LogP contribution in [0.5, 0.6) is 0 Å². The van der Waals surface area contributed by atoms with Crippen molar-refractivity contribution in [3.63, 3.8) is 0 Å². The summed E-state index contributed by atoms with van der Waals surface area (Å²) in [6, 6.07) is 17.7. The molecule has 0 aromatic heterocycles. The summed E-state index contributed by atoms with van der Waals surface area (Å²) < 4.78 is 61.2. The van der Waals surface area contributed by atoms with Crippen molar-refractivity contribution < 1.29 is 46.3 Å². The molecule has 0 aliphatic carbocycles. The summed E-state index contributed by atoms with van der Waals surface area (Å²) in [4.78, 5) is 23.1. The minimum atomic E-state index is -4.40. The zero-order valence-corrected chi connectivity index (χ0v) is 20.5. The van der Waals surface area contributed by atoms with Crippen LogP contribution < -0.4 is 0 Å². The van der Waals surface area contributed by atoms with Gasteiger partial charge in [-0.05, 0) is 18.1 Å². The highest BCUT2D eigenvalue weighted by atomic mass is 31.2. The second-order valence-electron chi connectivity index (χ2n) is 7.87. The van der Waals surface area contributed by atoms with Crippen LogP contribution in [0.2, 0.25) is 0 Å². The SMILES string of the molecule is CC(=O)OC1C(F)[C@@H](OP(=O)(OCc2ccccc2)OCc2ccccc2)O[C@@H](C)[C@H]1OC(C)=O. The summed E-state index contributed by atoms with van der Waals surface area (Å²) in [5.41, 5.74) is 1.36. The summed E-state index contributed by atoms with van der Waals surface area (Å²) in [5.74, 6) is -1.51. The molecule has 1 aliphatic heterocycles. The number of hydrogen-bond acceptors (Lipinski definition) is 9. The lowest BCUT2D eigenvalue weighted by Gasteiger charge is -2.41. The Morgan fingerprint density at radius 2 is 1.31 bits per heavy atom. The summed E-state index contributed by atoms with van der Waals surface area (Å²) >= 11 is 0. The molecule has 0 bridgehead atoms. The van der Waals surface area contributed by atoms with E-state index in [4.69, 9.17) is 27.8 Å². The first-order valence-electron chi connectivity index (χ1n) is 11.0. The number of phosphoric acid groups is 1. The van der Waals surface area contributed by atoms with E-state index in [9.17, 15) is 14.2 Å². The van der Waals surface area contributed by atoms with Crippen LogP contribution in [0.4, 0.5) is 4.39 Å². The van der Waals surface area contributed by atoms with Crippen molar-refractivity contribution in [2.75, 3.05) is 0 Å². The lowest BCUT2D eigenvalue weighted by atomic mass is 10.0. The fourth-order valence-corrected chi connectivity index (χ4v) is 4.64. The number of phosphoric ester groups is 1. The molecule has 1 aliphatic rings. The molecule has 1 fully saturated rings. The molecule has 2 aromatic rings. The summed E-state index contributed by atoms with van der Waals surface area (Å²) in [6.45, 7) is 3.42. The molecule has 0 saturated carbocycles. The number of ether oxygens (including phenoxy) is 3. The number of benzene rings is 2. The number of carbonyl (C=O) groups excluding carboxylic acids is 2. The third-order valence-corrected chi connectivity index (χ3v) is 6.37. The zero-order chi connectivity index (χ0) is 25.4. The fourth-order valence-electron chi connectivity index (χ4n) is 3.41. The van der Waals surface area contributed by atoms with Crippen LogP contribution in [0, 0.1) is 0 Å². The predicted octanol–water partition coefficient (Wildman–Crippen LogP) is 4.49. The Morgan fingerprint density at radius 3 is 1.77 bits per heavy atom. The van der Waals surface area contributed by atoms with E-state index in [-0.39, 0.29) is 13.2 Å². The van der Waals surface area contributed by atoms with Crippen molar-refractivity contribution in [1.82, 2.24) is 0 Å². The molecule has 9 nitrogen and oxygen atoms in total. The first-order chi connectivity index (χ1) is 16.7. The van der Waals surface area contributed by atoms with Gasteiger partial charge in [-0.15, -0.1) is 0 Å². The maximum atomic E-state index is 15.5. The van der Waals surface area contributed by atoms with Crippen LogP contribution in [-0.4, -0.2) is 42.7 Å². The lowest BCUT2D eigenvalue weighted by Crippen LogP contribution is -2.58. The van der Waals surface area contributed by atoms with E-state index in [2.05, 4.69) is 0 Å². The number of rotatable bonds is 10. The van der Waals surface area contributed by atoms with Crippen molar-refractivity contribution in [2.24, 2.45) is 0 Å². The summed E-state index contributed by atoms with van der Waals surface area (Å²) in [7, 11) is -4.40. The van der Waals surface area contributed by atoms with Crippen molar-refractivity contribution in [2.45, 2.75) is 64.8 Å². The van der Waals surface area contributed by atoms with E-state index in [0.717, 1.165) is 13.8 Å². The van der Waals surface area contributed by atoms with E-state index in [0.29, 0.717) is 11.1 Å². The van der Waals surface area contributed by atoms with Crippen LogP contribution in [0.25, 0.3) is 0 Å². The van der Waals surface area contributed by atoms with Crippen LogP contribution in [0.15, 0.2) is 60.7 Å². The molecule has 0 amide bonds.